The van der Waals surface area contributed by atoms with Crippen LogP contribution in [0.25, 0.3) is 0 Å². The molecule has 1 N–H and O–H groups in total. The first-order chi connectivity index (χ1) is 12.3. The van der Waals surface area contributed by atoms with E-state index in [0.29, 0.717) is 17.2 Å². The Morgan fingerprint density at radius 1 is 0.923 bits per heavy atom. The van der Waals surface area contributed by atoms with Crippen molar-refractivity contribution in [2.75, 3.05) is 24.3 Å². The summed E-state index contributed by atoms with van der Waals surface area (Å²) in [5.74, 6) is -0.452. The minimum Gasteiger partial charge on any atom is -0.449 e. The molecule has 2 aromatic carbocycles. The Balaban J connectivity index is 1.94. The van der Waals surface area contributed by atoms with Crippen LogP contribution in [0.3, 0.4) is 0 Å². The number of carbonyl (C=O) groups excluding carboxylic acids is 2. The molecular formula is C21H26N2O3. The maximum atomic E-state index is 12.2. The Labute approximate surface area is 155 Å². The molecule has 0 fully saturated rings. The van der Waals surface area contributed by atoms with Crippen LogP contribution < -0.4 is 10.2 Å². The summed E-state index contributed by atoms with van der Waals surface area (Å²) in [4.78, 5) is 26.4. The molecule has 1 atom stereocenters. The first-order valence-electron chi connectivity index (χ1n) is 8.67. The van der Waals surface area contributed by atoms with Crippen LogP contribution >= 0.6 is 0 Å². The molecule has 26 heavy (non-hydrogen) atoms. The van der Waals surface area contributed by atoms with Gasteiger partial charge in [0.05, 0.1) is 5.56 Å². The summed E-state index contributed by atoms with van der Waals surface area (Å²) >= 11 is 0. The molecule has 0 aliphatic rings. The summed E-state index contributed by atoms with van der Waals surface area (Å²) in [6.45, 7) is 5.78. The van der Waals surface area contributed by atoms with E-state index in [1.165, 1.54) is 5.56 Å². The van der Waals surface area contributed by atoms with Gasteiger partial charge in [-0.15, -0.1) is 0 Å². The summed E-state index contributed by atoms with van der Waals surface area (Å²) in [5.41, 5.74) is 3.27. The Morgan fingerprint density at radius 2 is 1.50 bits per heavy atom. The molecule has 2 rings (SSSR count). The van der Waals surface area contributed by atoms with Gasteiger partial charge in [0.15, 0.2) is 6.10 Å². The van der Waals surface area contributed by atoms with Gasteiger partial charge in [-0.25, -0.2) is 4.79 Å². The predicted octanol–water partition coefficient (Wildman–Crippen LogP) is 4.06. The minimum absolute atomic E-state index is 0.361. The number of hydrogen-bond donors (Lipinski definition) is 1. The number of esters is 1. The second-order valence-electron chi connectivity index (χ2n) is 6.75. The maximum absolute atomic E-state index is 12.2. The first kappa shape index (κ1) is 19.5. The molecule has 0 spiro atoms. The average Bonchev–Trinajstić information content (AvgIpc) is 2.62. The van der Waals surface area contributed by atoms with Gasteiger partial charge in [0.2, 0.25) is 0 Å². The van der Waals surface area contributed by atoms with E-state index in [-0.39, 0.29) is 5.91 Å². The number of ether oxygens (including phenoxy) is 1. The fourth-order valence-electron chi connectivity index (χ4n) is 2.37. The van der Waals surface area contributed by atoms with Crippen molar-refractivity contribution in [3.8, 4) is 0 Å². The van der Waals surface area contributed by atoms with E-state index in [9.17, 15) is 9.59 Å². The van der Waals surface area contributed by atoms with Crippen LogP contribution in [-0.2, 0) is 9.53 Å². The largest absolute Gasteiger partial charge is 0.449 e. The van der Waals surface area contributed by atoms with E-state index in [2.05, 4.69) is 19.2 Å². The Hall–Kier alpha value is -2.82. The summed E-state index contributed by atoms with van der Waals surface area (Å²) in [6, 6.07) is 14.7. The first-order valence-corrected chi connectivity index (χ1v) is 8.67. The summed E-state index contributed by atoms with van der Waals surface area (Å²) in [7, 11) is 3.85. The van der Waals surface area contributed by atoms with Gasteiger partial charge in [0.1, 0.15) is 0 Å². The highest BCUT2D eigenvalue weighted by molar-refractivity contribution is 5.97. The number of benzene rings is 2. The third-order valence-corrected chi connectivity index (χ3v) is 4.12. The summed E-state index contributed by atoms with van der Waals surface area (Å²) in [5, 5.41) is 2.77. The van der Waals surface area contributed by atoms with Crippen LogP contribution in [0.15, 0.2) is 48.5 Å². The van der Waals surface area contributed by atoms with Gasteiger partial charge < -0.3 is 15.0 Å². The minimum atomic E-state index is -0.888. The molecule has 0 saturated heterocycles. The number of hydrogen-bond acceptors (Lipinski definition) is 4. The fraction of sp³-hybridized carbons (Fsp3) is 0.333. The van der Waals surface area contributed by atoms with Crippen LogP contribution in [-0.4, -0.2) is 32.1 Å². The fourth-order valence-corrected chi connectivity index (χ4v) is 2.37. The molecule has 5 heteroatoms. The van der Waals surface area contributed by atoms with Crippen molar-refractivity contribution in [2.45, 2.75) is 32.8 Å². The Morgan fingerprint density at radius 3 is 2.00 bits per heavy atom. The Kier molecular flexibility index (Phi) is 6.39. The lowest BCUT2D eigenvalue weighted by Crippen LogP contribution is -2.30. The molecule has 0 saturated carbocycles. The topological polar surface area (TPSA) is 58.6 Å². The highest BCUT2D eigenvalue weighted by Gasteiger charge is 2.19. The molecule has 1 amide bonds. The predicted molar refractivity (Wildman–Crippen MR) is 105 cm³/mol. The molecule has 0 aliphatic carbocycles. The number of amides is 1. The molecule has 0 aromatic heterocycles. The number of nitrogens with zero attached hydrogens (tertiary/aromatic N) is 1. The number of anilines is 2. The molecule has 0 radical (unpaired) electrons. The van der Waals surface area contributed by atoms with Crippen LogP contribution in [0.4, 0.5) is 11.4 Å². The molecule has 0 aliphatic heterocycles. The third-order valence-electron chi connectivity index (χ3n) is 4.12. The standard InChI is InChI=1S/C21H26N2O3/c1-14(2)16-6-10-18(11-7-16)22-20(24)15(3)26-21(25)17-8-12-19(13-9-17)23(4)5/h6-15H,1-5H3,(H,22,24)/t15-/m1/s1. The molecular weight excluding hydrogens is 328 g/mol. The molecule has 138 valence electrons. The smallest absolute Gasteiger partial charge is 0.338 e. The number of rotatable bonds is 6. The van der Waals surface area contributed by atoms with Crippen molar-refractivity contribution in [1.82, 2.24) is 0 Å². The number of nitrogens with one attached hydrogen (secondary N) is 1. The average molecular weight is 354 g/mol. The van der Waals surface area contributed by atoms with Crippen LogP contribution in [0, 0.1) is 0 Å². The van der Waals surface area contributed by atoms with E-state index in [0.717, 1.165) is 5.69 Å². The third kappa shape index (κ3) is 5.09. The summed E-state index contributed by atoms with van der Waals surface area (Å²) < 4.78 is 5.27. The van der Waals surface area contributed by atoms with E-state index >= 15 is 0 Å². The van der Waals surface area contributed by atoms with Gasteiger partial charge in [-0.05, 0) is 54.8 Å². The molecule has 0 bridgehead atoms. The molecule has 5 nitrogen and oxygen atoms in total. The van der Waals surface area contributed by atoms with Gasteiger partial charge in [-0.3, -0.25) is 4.79 Å². The van der Waals surface area contributed by atoms with E-state index in [1.54, 1.807) is 19.1 Å². The van der Waals surface area contributed by atoms with Crippen LogP contribution in [0.2, 0.25) is 0 Å². The molecule has 0 heterocycles. The van der Waals surface area contributed by atoms with Crippen LogP contribution in [0.1, 0.15) is 42.6 Å². The van der Waals surface area contributed by atoms with Crippen molar-refractivity contribution in [2.24, 2.45) is 0 Å². The normalized spacial score (nSPS) is 11.8. The molecule has 2 aromatic rings. The SMILES string of the molecule is CC(C)c1ccc(NC(=O)[C@@H](C)OC(=O)c2ccc(N(C)C)cc2)cc1. The van der Waals surface area contributed by atoms with Crippen molar-refractivity contribution in [3.05, 3.63) is 59.7 Å². The zero-order valence-electron chi connectivity index (χ0n) is 15.9. The zero-order chi connectivity index (χ0) is 19.3. The Bertz CT molecular complexity index is 750. The second kappa shape index (κ2) is 8.52. The van der Waals surface area contributed by atoms with E-state index in [4.69, 9.17) is 4.74 Å². The van der Waals surface area contributed by atoms with Crippen molar-refractivity contribution >= 4 is 23.3 Å². The maximum Gasteiger partial charge on any atom is 0.338 e. The lowest BCUT2D eigenvalue weighted by molar-refractivity contribution is -0.123. The van der Waals surface area contributed by atoms with Crippen LogP contribution in [0.5, 0.6) is 0 Å². The quantitative estimate of drug-likeness (QED) is 0.795. The molecule has 0 unspecified atom stereocenters. The van der Waals surface area contributed by atoms with E-state index < -0.39 is 12.1 Å². The van der Waals surface area contributed by atoms with Gasteiger partial charge in [-0.2, -0.15) is 0 Å². The van der Waals surface area contributed by atoms with Crippen molar-refractivity contribution in [1.29, 1.82) is 0 Å². The lowest BCUT2D eigenvalue weighted by Gasteiger charge is -2.15. The van der Waals surface area contributed by atoms with Gasteiger partial charge in [0, 0.05) is 25.5 Å². The lowest BCUT2D eigenvalue weighted by atomic mass is 10.0. The highest BCUT2D eigenvalue weighted by atomic mass is 16.5. The zero-order valence-corrected chi connectivity index (χ0v) is 15.9. The summed E-state index contributed by atoms with van der Waals surface area (Å²) in [6.07, 6.45) is -0.888. The van der Waals surface area contributed by atoms with Crippen molar-refractivity contribution < 1.29 is 14.3 Å². The monoisotopic (exact) mass is 354 g/mol. The van der Waals surface area contributed by atoms with Gasteiger partial charge >= 0.3 is 5.97 Å². The number of carbonyl (C=O) groups is 2. The second-order valence-corrected chi connectivity index (χ2v) is 6.75. The highest BCUT2D eigenvalue weighted by Crippen LogP contribution is 2.18. The van der Waals surface area contributed by atoms with Gasteiger partial charge in [-0.1, -0.05) is 26.0 Å². The van der Waals surface area contributed by atoms with Crippen molar-refractivity contribution in [3.63, 3.8) is 0 Å². The van der Waals surface area contributed by atoms with Gasteiger partial charge in [0.25, 0.3) is 5.91 Å². The van der Waals surface area contributed by atoms with E-state index in [1.807, 2.05) is 55.4 Å².